The van der Waals surface area contributed by atoms with Gasteiger partial charge < -0.3 is 0 Å². The van der Waals surface area contributed by atoms with Gasteiger partial charge in [0.2, 0.25) is 0 Å². The number of benzene rings is 1. The quantitative estimate of drug-likeness (QED) is 0.552. The van der Waals surface area contributed by atoms with Crippen molar-refractivity contribution in [2.75, 3.05) is 0 Å². The third kappa shape index (κ3) is 3.29. The molecule has 0 atom stereocenters. The van der Waals surface area contributed by atoms with Crippen LogP contribution in [-0.4, -0.2) is 12.2 Å². The molecule has 0 saturated heterocycles. The van der Waals surface area contributed by atoms with Crippen LogP contribution in [-0.2, 0) is 0 Å². The lowest BCUT2D eigenvalue weighted by atomic mass is 10.2. The summed E-state index contributed by atoms with van der Waals surface area (Å²) in [4.78, 5) is 11.5. The number of amides is 1. The van der Waals surface area contributed by atoms with Gasteiger partial charge in [0.15, 0.2) is 0 Å². The largest absolute Gasteiger partial charge is 0.484 e. The highest BCUT2D eigenvalue weighted by Crippen LogP contribution is 2.12. The number of thiol groups is 1. The van der Waals surface area contributed by atoms with Crippen LogP contribution in [0.15, 0.2) is 29.2 Å². The third-order valence-corrected chi connectivity index (χ3v) is 1.68. The second kappa shape index (κ2) is 3.91. The molecule has 0 fully saturated rings. The Morgan fingerprint density at radius 1 is 1.21 bits per heavy atom. The number of nitrogens with one attached hydrogen (secondary N) is 1. The lowest BCUT2D eigenvalue weighted by molar-refractivity contribution is -0.146. The molecule has 1 aromatic rings. The first-order valence-electron chi connectivity index (χ1n) is 3.57. The van der Waals surface area contributed by atoms with Crippen LogP contribution in [0.4, 0.5) is 13.2 Å². The van der Waals surface area contributed by atoms with Crippen LogP contribution in [0.5, 0.6) is 0 Å². The topological polar surface area (TPSA) is 29.1 Å². The van der Waals surface area contributed by atoms with Crippen LogP contribution in [0.3, 0.4) is 0 Å². The van der Waals surface area contributed by atoms with Gasteiger partial charge in [-0.25, -0.2) is 0 Å². The molecule has 0 radical (unpaired) electrons. The Balaban J connectivity index is 2.76. The van der Waals surface area contributed by atoms with E-state index in [1.54, 1.807) is 0 Å². The van der Waals surface area contributed by atoms with E-state index < -0.39 is 12.2 Å². The van der Waals surface area contributed by atoms with Gasteiger partial charge in [-0.2, -0.15) is 13.2 Å². The lowest BCUT2D eigenvalue weighted by Crippen LogP contribution is -2.37. The Bertz CT molecular complexity index is 333. The van der Waals surface area contributed by atoms with E-state index in [1.807, 2.05) is 0 Å². The predicted octanol–water partition coefficient (Wildman–Crippen LogP) is 2.22. The first kappa shape index (κ1) is 10.9. The number of carbonyl (C=O) groups excluding carboxylic acids is 1. The van der Waals surface area contributed by atoms with Crippen LogP contribution in [0.25, 0.3) is 0 Å². The van der Waals surface area contributed by atoms with Crippen molar-refractivity contribution in [3.8, 4) is 0 Å². The zero-order valence-electron chi connectivity index (χ0n) is 6.80. The fourth-order valence-electron chi connectivity index (χ4n) is 0.814. The minimum absolute atomic E-state index is 0.0554. The minimum atomic E-state index is -4.70. The van der Waals surface area contributed by atoms with Crippen LogP contribution in [0, 0.1) is 0 Å². The van der Waals surface area contributed by atoms with E-state index in [0.29, 0.717) is 4.90 Å². The summed E-state index contributed by atoms with van der Waals surface area (Å²) >= 11 is 3.93. The van der Waals surface area contributed by atoms with E-state index in [4.69, 9.17) is 0 Å². The number of rotatable bonds is 1. The zero-order valence-corrected chi connectivity index (χ0v) is 7.69. The van der Waals surface area contributed by atoms with Gasteiger partial charge in [-0.1, -0.05) is 0 Å². The lowest BCUT2D eigenvalue weighted by Gasteiger charge is -2.07. The molecular weight excluding hydrogens is 215 g/mol. The fourth-order valence-corrected chi connectivity index (χ4v) is 0.963. The Labute approximate surface area is 83.5 Å². The van der Waals surface area contributed by atoms with Crippen LogP contribution in [0.2, 0.25) is 0 Å². The van der Waals surface area contributed by atoms with Gasteiger partial charge in [-0.3, -0.25) is 10.1 Å². The molecule has 0 heterocycles. The Hall–Kier alpha value is -1.17. The van der Waals surface area contributed by atoms with Crippen molar-refractivity contribution in [3.63, 3.8) is 0 Å². The summed E-state index contributed by atoms with van der Waals surface area (Å²) in [6.07, 6.45) is -4.70. The summed E-state index contributed by atoms with van der Waals surface area (Å²) in [7, 11) is 0. The smallest absolute Gasteiger partial charge is 0.269 e. The van der Waals surface area contributed by atoms with E-state index >= 15 is 0 Å². The second-order valence-electron chi connectivity index (χ2n) is 2.50. The van der Waals surface area contributed by atoms with E-state index in [1.165, 1.54) is 24.3 Å². The predicted molar refractivity (Wildman–Crippen MR) is 47.2 cm³/mol. The number of hydrogen-bond acceptors (Lipinski definition) is 2. The van der Waals surface area contributed by atoms with Crippen LogP contribution >= 0.6 is 12.6 Å². The number of alkyl halides is 3. The number of hydrogen-bond donors (Lipinski definition) is 2. The molecule has 0 aromatic heterocycles. The van der Waals surface area contributed by atoms with Crippen molar-refractivity contribution in [2.24, 2.45) is 0 Å². The zero-order chi connectivity index (χ0) is 10.8. The summed E-state index contributed by atoms with van der Waals surface area (Å²) in [5.74, 6) is -1.18. The molecule has 0 spiro atoms. The molecule has 0 aliphatic rings. The molecule has 1 amide bonds. The van der Waals surface area contributed by atoms with Crippen molar-refractivity contribution in [1.29, 1.82) is 0 Å². The number of carbonyl (C=O) groups is 1. The molecule has 1 N–H and O–H groups in total. The minimum Gasteiger partial charge on any atom is -0.269 e. The van der Waals surface area contributed by atoms with Crippen LogP contribution in [0.1, 0.15) is 10.4 Å². The molecule has 2 nitrogen and oxygen atoms in total. The first-order valence-corrected chi connectivity index (χ1v) is 4.01. The van der Waals surface area contributed by atoms with Gasteiger partial charge in [0, 0.05) is 10.5 Å². The summed E-state index contributed by atoms with van der Waals surface area (Å²) in [6.45, 7) is 0. The second-order valence-corrected chi connectivity index (χ2v) is 3.02. The van der Waals surface area contributed by atoms with E-state index in [0.717, 1.165) is 5.32 Å². The summed E-state index contributed by atoms with van der Waals surface area (Å²) in [5, 5.41) is 0.891. The molecule has 0 bridgehead atoms. The van der Waals surface area contributed by atoms with Crippen LogP contribution < -0.4 is 5.32 Å². The maximum atomic E-state index is 11.7. The monoisotopic (exact) mass is 221 g/mol. The molecule has 0 aliphatic heterocycles. The highest BCUT2D eigenvalue weighted by Gasteiger charge is 2.30. The van der Waals surface area contributed by atoms with E-state index in [-0.39, 0.29) is 5.56 Å². The molecule has 0 aliphatic carbocycles. The molecule has 6 heteroatoms. The summed E-state index contributed by atoms with van der Waals surface area (Å²) in [5.41, 5.74) is -0.0554. The standard InChI is InChI=1S/C8H6F3NOS/c9-8(10,11)12-7(13)5-1-3-6(14)4-2-5/h1-4,14H,(H,12,13). The van der Waals surface area contributed by atoms with Gasteiger partial charge in [0.1, 0.15) is 0 Å². The first-order chi connectivity index (χ1) is 6.38. The molecule has 14 heavy (non-hydrogen) atoms. The van der Waals surface area contributed by atoms with Crippen molar-refractivity contribution in [2.45, 2.75) is 11.2 Å². The van der Waals surface area contributed by atoms with Crippen molar-refractivity contribution < 1.29 is 18.0 Å². The highest BCUT2D eigenvalue weighted by molar-refractivity contribution is 7.80. The Morgan fingerprint density at radius 3 is 2.14 bits per heavy atom. The molecule has 1 rings (SSSR count). The van der Waals surface area contributed by atoms with Gasteiger partial charge >= 0.3 is 6.30 Å². The Kier molecular flexibility index (Phi) is 3.05. The Morgan fingerprint density at radius 2 is 1.71 bits per heavy atom. The molecular formula is C8H6F3NOS. The number of halogens is 3. The third-order valence-electron chi connectivity index (χ3n) is 1.38. The van der Waals surface area contributed by atoms with Gasteiger partial charge in [-0.15, -0.1) is 12.6 Å². The molecule has 1 aromatic carbocycles. The van der Waals surface area contributed by atoms with Gasteiger partial charge in [0.05, 0.1) is 0 Å². The summed E-state index contributed by atoms with van der Waals surface area (Å²) in [6, 6.07) is 5.41. The average molecular weight is 221 g/mol. The molecule has 76 valence electrons. The van der Waals surface area contributed by atoms with Gasteiger partial charge in [0.25, 0.3) is 5.91 Å². The average Bonchev–Trinajstić information content (AvgIpc) is 2.02. The normalized spacial score (nSPS) is 11.1. The maximum Gasteiger partial charge on any atom is 0.484 e. The summed E-state index contributed by atoms with van der Waals surface area (Å²) < 4.78 is 35.2. The van der Waals surface area contributed by atoms with Gasteiger partial charge in [-0.05, 0) is 24.3 Å². The van der Waals surface area contributed by atoms with E-state index in [2.05, 4.69) is 12.6 Å². The molecule has 0 unspecified atom stereocenters. The SMILES string of the molecule is O=C(NC(F)(F)F)c1ccc(S)cc1. The highest BCUT2D eigenvalue weighted by atomic mass is 32.1. The fraction of sp³-hybridized carbons (Fsp3) is 0.125. The van der Waals surface area contributed by atoms with E-state index in [9.17, 15) is 18.0 Å². The maximum absolute atomic E-state index is 11.7. The molecule has 0 saturated carbocycles. The van der Waals surface area contributed by atoms with Crippen molar-refractivity contribution in [1.82, 2.24) is 5.32 Å². The van der Waals surface area contributed by atoms with Crippen molar-refractivity contribution >= 4 is 18.5 Å². The van der Waals surface area contributed by atoms with Crippen molar-refractivity contribution in [3.05, 3.63) is 29.8 Å².